The molecule has 0 aromatic carbocycles. The van der Waals surface area contributed by atoms with Gasteiger partial charge in [0.2, 0.25) is 23.1 Å². The highest BCUT2D eigenvalue weighted by molar-refractivity contribution is 6.28. The van der Waals surface area contributed by atoms with Crippen LogP contribution in [0.15, 0.2) is 0 Å². The predicted octanol–water partition coefficient (Wildman–Crippen LogP) is 1.05. The molecule has 0 aliphatic carbocycles. The van der Waals surface area contributed by atoms with E-state index in [9.17, 15) is 4.79 Å². The third kappa shape index (κ3) is 3.92. The second-order valence-corrected chi connectivity index (χ2v) is 4.85. The highest BCUT2D eigenvalue weighted by atomic mass is 35.5. The fourth-order valence-electron chi connectivity index (χ4n) is 1.38. The van der Waals surface area contributed by atoms with Crippen molar-refractivity contribution in [2.45, 2.75) is 33.2 Å². The molecule has 0 saturated carbocycles. The lowest BCUT2D eigenvalue weighted by molar-refractivity contribution is -0.121. The number of primary amides is 1. The van der Waals surface area contributed by atoms with Gasteiger partial charge in [-0.2, -0.15) is 15.0 Å². The maximum Gasteiger partial charge on any atom is 0.242 e. The zero-order valence-corrected chi connectivity index (χ0v) is 12.3. The number of carbonyl (C=O) groups excluding carboxylic acids is 1. The summed E-state index contributed by atoms with van der Waals surface area (Å²) in [4.78, 5) is 25.5. The van der Waals surface area contributed by atoms with Crippen molar-refractivity contribution in [3.05, 3.63) is 5.28 Å². The van der Waals surface area contributed by atoms with Crippen molar-refractivity contribution >= 4 is 29.4 Å². The molecule has 0 atom stereocenters. The van der Waals surface area contributed by atoms with Crippen molar-refractivity contribution in [1.82, 2.24) is 15.0 Å². The minimum absolute atomic E-state index is 0.0691. The molecule has 3 N–H and O–H groups in total. The maximum absolute atomic E-state index is 11.3. The van der Waals surface area contributed by atoms with Crippen LogP contribution in [0.1, 0.15) is 27.7 Å². The Morgan fingerprint density at radius 1 is 1.32 bits per heavy atom. The second-order valence-electron chi connectivity index (χ2n) is 4.51. The third-order valence-corrected chi connectivity index (χ3v) is 2.85. The standard InChI is InChI=1S/C11H19ClN6O/c1-5-18(6-2)10-15-8(12)14-9(16-10)17-11(3,4)7(13)19/h5-6H2,1-4H3,(H2,13,19)(H,14,15,16,17). The Morgan fingerprint density at radius 2 is 1.89 bits per heavy atom. The van der Waals surface area contributed by atoms with Crippen LogP contribution in [0.2, 0.25) is 5.28 Å². The number of hydrogen-bond acceptors (Lipinski definition) is 6. The van der Waals surface area contributed by atoms with Gasteiger partial charge in [-0.1, -0.05) is 0 Å². The monoisotopic (exact) mass is 286 g/mol. The predicted molar refractivity (Wildman–Crippen MR) is 75.3 cm³/mol. The molecule has 0 aliphatic heterocycles. The number of nitrogens with one attached hydrogen (secondary N) is 1. The Kier molecular flexibility index (Phi) is 4.88. The molecule has 1 aromatic rings. The normalized spacial score (nSPS) is 11.2. The van der Waals surface area contributed by atoms with Crippen molar-refractivity contribution in [3.63, 3.8) is 0 Å². The molecular formula is C11H19ClN6O. The minimum atomic E-state index is -0.967. The molecule has 7 nitrogen and oxygen atoms in total. The number of carbonyl (C=O) groups is 1. The van der Waals surface area contributed by atoms with Gasteiger partial charge < -0.3 is 16.0 Å². The largest absolute Gasteiger partial charge is 0.368 e. The SMILES string of the molecule is CCN(CC)c1nc(Cl)nc(NC(C)(C)C(N)=O)n1. The van der Waals surface area contributed by atoms with E-state index >= 15 is 0 Å². The zero-order valence-electron chi connectivity index (χ0n) is 11.6. The van der Waals surface area contributed by atoms with Crippen LogP contribution in [-0.4, -0.2) is 39.5 Å². The number of rotatable bonds is 6. The van der Waals surface area contributed by atoms with Gasteiger partial charge in [0, 0.05) is 13.1 Å². The van der Waals surface area contributed by atoms with Gasteiger partial charge >= 0.3 is 0 Å². The molecule has 0 aliphatic rings. The first-order valence-corrected chi connectivity index (χ1v) is 6.42. The summed E-state index contributed by atoms with van der Waals surface area (Å²) >= 11 is 5.87. The topological polar surface area (TPSA) is 97.0 Å². The number of aromatic nitrogens is 3. The van der Waals surface area contributed by atoms with Crippen LogP contribution < -0.4 is 16.0 Å². The van der Waals surface area contributed by atoms with Crippen molar-refractivity contribution in [3.8, 4) is 0 Å². The summed E-state index contributed by atoms with van der Waals surface area (Å²) in [5, 5.41) is 2.92. The number of nitrogens with zero attached hydrogens (tertiary/aromatic N) is 4. The number of halogens is 1. The first-order chi connectivity index (χ1) is 8.80. The number of anilines is 2. The van der Waals surface area contributed by atoms with Crippen LogP contribution in [0, 0.1) is 0 Å². The smallest absolute Gasteiger partial charge is 0.242 e. The molecule has 0 bridgehead atoms. The lowest BCUT2D eigenvalue weighted by Gasteiger charge is -2.23. The Balaban J connectivity index is 3.06. The Bertz CT molecular complexity index is 460. The van der Waals surface area contributed by atoms with Crippen molar-refractivity contribution < 1.29 is 4.79 Å². The molecule has 106 valence electrons. The molecule has 1 amide bonds. The lowest BCUT2D eigenvalue weighted by Crippen LogP contribution is -2.45. The van der Waals surface area contributed by atoms with E-state index in [1.54, 1.807) is 13.8 Å². The Hall–Kier alpha value is -1.63. The summed E-state index contributed by atoms with van der Waals surface area (Å²) in [5.74, 6) is 0.187. The van der Waals surface area contributed by atoms with E-state index in [0.29, 0.717) is 5.95 Å². The average molecular weight is 287 g/mol. The van der Waals surface area contributed by atoms with E-state index in [1.165, 1.54) is 0 Å². The van der Waals surface area contributed by atoms with Crippen LogP contribution in [0.4, 0.5) is 11.9 Å². The summed E-state index contributed by atoms with van der Waals surface area (Å²) in [6, 6.07) is 0. The van der Waals surface area contributed by atoms with Gasteiger partial charge in [-0.3, -0.25) is 4.79 Å². The van der Waals surface area contributed by atoms with Gasteiger partial charge in [0.15, 0.2) is 0 Å². The van der Waals surface area contributed by atoms with E-state index in [4.69, 9.17) is 17.3 Å². The van der Waals surface area contributed by atoms with Crippen molar-refractivity contribution in [1.29, 1.82) is 0 Å². The van der Waals surface area contributed by atoms with Gasteiger partial charge in [-0.15, -0.1) is 0 Å². The van der Waals surface area contributed by atoms with Gasteiger partial charge in [0.1, 0.15) is 5.54 Å². The molecule has 0 fully saturated rings. The minimum Gasteiger partial charge on any atom is -0.368 e. The zero-order chi connectivity index (χ0) is 14.6. The maximum atomic E-state index is 11.3. The Morgan fingerprint density at radius 3 is 2.37 bits per heavy atom. The summed E-state index contributed by atoms with van der Waals surface area (Å²) < 4.78 is 0. The number of hydrogen-bond donors (Lipinski definition) is 2. The number of amides is 1. The average Bonchev–Trinajstić information content (AvgIpc) is 2.28. The van der Waals surface area contributed by atoms with Crippen LogP contribution >= 0.6 is 11.6 Å². The van der Waals surface area contributed by atoms with Crippen LogP contribution in [0.5, 0.6) is 0 Å². The first-order valence-electron chi connectivity index (χ1n) is 6.04. The number of nitrogens with two attached hydrogens (primary N) is 1. The highest BCUT2D eigenvalue weighted by Gasteiger charge is 2.26. The molecular weight excluding hydrogens is 268 g/mol. The van der Waals surface area contributed by atoms with Crippen LogP contribution in [-0.2, 0) is 4.79 Å². The Labute approximate surface area is 117 Å². The second kappa shape index (κ2) is 6.01. The first kappa shape index (κ1) is 15.4. The molecule has 1 aromatic heterocycles. The van der Waals surface area contributed by atoms with E-state index in [2.05, 4.69) is 20.3 Å². The van der Waals surface area contributed by atoms with Crippen LogP contribution in [0.3, 0.4) is 0 Å². The van der Waals surface area contributed by atoms with Crippen molar-refractivity contribution in [2.75, 3.05) is 23.3 Å². The quantitative estimate of drug-likeness (QED) is 0.811. The molecule has 19 heavy (non-hydrogen) atoms. The molecule has 0 spiro atoms. The summed E-state index contributed by atoms with van der Waals surface area (Å²) in [7, 11) is 0. The highest BCUT2D eigenvalue weighted by Crippen LogP contribution is 2.16. The fourth-order valence-corrected chi connectivity index (χ4v) is 1.54. The van der Waals surface area contributed by atoms with E-state index in [0.717, 1.165) is 13.1 Å². The van der Waals surface area contributed by atoms with Crippen LogP contribution in [0.25, 0.3) is 0 Å². The van der Waals surface area contributed by atoms with E-state index in [1.807, 2.05) is 18.7 Å². The summed E-state index contributed by atoms with van der Waals surface area (Å²) in [6.07, 6.45) is 0. The molecule has 1 rings (SSSR count). The molecule has 1 heterocycles. The molecule has 0 unspecified atom stereocenters. The van der Waals surface area contributed by atoms with E-state index in [-0.39, 0.29) is 11.2 Å². The third-order valence-electron chi connectivity index (χ3n) is 2.68. The van der Waals surface area contributed by atoms with Gasteiger partial charge in [0.05, 0.1) is 0 Å². The van der Waals surface area contributed by atoms with Gasteiger partial charge in [0.25, 0.3) is 0 Å². The van der Waals surface area contributed by atoms with Gasteiger partial charge in [-0.05, 0) is 39.3 Å². The summed E-state index contributed by atoms with van der Waals surface area (Å²) in [6.45, 7) is 8.75. The lowest BCUT2D eigenvalue weighted by atomic mass is 10.1. The molecule has 0 saturated heterocycles. The molecule has 0 radical (unpaired) electrons. The van der Waals surface area contributed by atoms with Gasteiger partial charge in [-0.25, -0.2) is 0 Å². The fraction of sp³-hybridized carbons (Fsp3) is 0.636. The van der Waals surface area contributed by atoms with Crippen molar-refractivity contribution in [2.24, 2.45) is 5.73 Å². The van der Waals surface area contributed by atoms with E-state index < -0.39 is 11.4 Å². The summed E-state index contributed by atoms with van der Waals surface area (Å²) in [5.41, 5.74) is 4.32. The molecule has 8 heteroatoms.